The molecule has 0 unspecified atom stereocenters. The van der Waals surface area contributed by atoms with Crippen molar-refractivity contribution in [3.8, 4) is 12.1 Å². The van der Waals surface area contributed by atoms with Crippen molar-refractivity contribution < 1.29 is 21.6 Å². The summed E-state index contributed by atoms with van der Waals surface area (Å²) in [4.78, 5) is 2.68. The van der Waals surface area contributed by atoms with E-state index < -0.39 is 26.8 Å². The minimum Gasteiger partial charge on any atom is -0.250 e. The first-order valence-corrected chi connectivity index (χ1v) is 7.44. The van der Waals surface area contributed by atoms with Gasteiger partial charge in [0.1, 0.15) is 10.6 Å². The summed E-state index contributed by atoms with van der Waals surface area (Å²) in [7, 11) is -4.11. The Hall–Kier alpha value is -2.17. The van der Waals surface area contributed by atoms with Crippen LogP contribution in [0.5, 0.6) is 0 Å². The zero-order valence-electron chi connectivity index (χ0n) is 11.2. The molecule has 0 amide bonds. The zero-order chi connectivity index (χ0) is 16.8. The molecule has 1 aromatic heterocycles. The second-order valence-electron chi connectivity index (χ2n) is 4.10. The van der Waals surface area contributed by atoms with E-state index in [-0.39, 0.29) is 25.9 Å². The maximum Gasteiger partial charge on any atom is 0.433 e. The lowest BCUT2D eigenvalue weighted by atomic mass is 10.3. The Labute approximate surface area is 125 Å². The van der Waals surface area contributed by atoms with Crippen LogP contribution in [0.1, 0.15) is 18.5 Å². The molecule has 0 saturated carbocycles. The first kappa shape index (κ1) is 17.9. The lowest BCUT2D eigenvalue weighted by molar-refractivity contribution is -0.141. The Balaban J connectivity index is 3.09. The summed E-state index contributed by atoms with van der Waals surface area (Å²) >= 11 is 0. The molecule has 22 heavy (non-hydrogen) atoms. The van der Waals surface area contributed by atoms with E-state index in [9.17, 15) is 21.6 Å². The highest BCUT2D eigenvalue weighted by atomic mass is 32.2. The van der Waals surface area contributed by atoms with E-state index in [1.807, 2.05) is 0 Å². The number of nitriles is 2. The smallest absolute Gasteiger partial charge is 0.250 e. The van der Waals surface area contributed by atoms with E-state index in [1.54, 1.807) is 12.1 Å². The summed E-state index contributed by atoms with van der Waals surface area (Å²) in [5.41, 5.74) is -1.20. The van der Waals surface area contributed by atoms with E-state index in [4.69, 9.17) is 10.5 Å². The van der Waals surface area contributed by atoms with Crippen LogP contribution in [0, 0.1) is 22.7 Å². The van der Waals surface area contributed by atoms with E-state index in [2.05, 4.69) is 4.98 Å². The first-order valence-electron chi connectivity index (χ1n) is 6.00. The standard InChI is InChI=1S/C12H11F3N4O2S/c13-12(14,15)11-4-3-10(9-18-11)22(20,21)19(7-1-5-16)8-2-6-17/h3-4,9H,1-2,7-8H2. The molecular formula is C12H11F3N4O2S. The molecule has 10 heteroatoms. The largest absolute Gasteiger partial charge is 0.433 e. The van der Waals surface area contributed by atoms with Crippen molar-refractivity contribution in [2.45, 2.75) is 23.9 Å². The molecule has 0 N–H and O–H groups in total. The number of nitrogens with zero attached hydrogens (tertiary/aromatic N) is 4. The minimum absolute atomic E-state index is 0.0985. The number of halogens is 3. The van der Waals surface area contributed by atoms with E-state index >= 15 is 0 Å². The van der Waals surface area contributed by atoms with Crippen molar-refractivity contribution in [1.29, 1.82) is 10.5 Å². The number of pyridine rings is 1. The highest BCUT2D eigenvalue weighted by Gasteiger charge is 2.33. The number of sulfonamides is 1. The highest BCUT2D eigenvalue weighted by Crippen LogP contribution is 2.28. The van der Waals surface area contributed by atoms with Gasteiger partial charge in [0.2, 0.25) is 10.0 Å². The van der Waals surface area contributed by atoms with Crippen molar-refractivity contribution >= 4 is 10.0 Å². The predicted molar refractivity (Wildman–Crippen MR) is 68.5 cm³/mol. The average molecular weight is 332 g/mol. The van der Waals surface area contributed by atoms with Crippen molar-refractivity contribution in [3.05, 3.63) is 24.0 Å². The Morgan fingerprint density at radius 3 is 2.05 bits per heavy atom. The monoisotopic (exact) mass is 332 g/mol. The van der Waals surface area contributed by atoms with Crippen molar-refractivity contribution in [2.75, 3.05) is 13.1 Å². The molecular weight excluding hydrogens is 321 g/mol. The number of hydrogen-bond acceptors (Lipinski definition) is 5. The molecule has 0 fully saturated rings. The van der Waals surface area contributed by atoms with Crippen molar-refractivity contribution in [2.24, 2.45) is 0 Å². The fourth-order valence-corrected chi connectivity index (χ4v) is 2.94. The molecule has 0 aromatic carbocycles. The van der Waals surface area contributed by atoms with Crippen molar-refractivity contribution in [3.63, 3.8) is 0 Å². The van der Waals surface area contributed by atoms with Crippen LogP contribution < -0.4 is 0 Å². The SMILES string of the molecule is N#CCCN(CCC#N)S(=O)(=O)c1ccc(C(F)(F)F)nc1. The van der Waals surface area contributed by atoms with E-state index in [0.717, 1.165) is 10.4 Å². The molecule has 118 valence electrons. The third kappa shape index (κ3) is 4.41. The molecule has 0 atom stereocenters. The van der Waals surface area contributed by atoms with Gasteiger partial charge in [-0.1, -0.05) is 0 Å². The first-order chi connectivity index (χ1) is 10.2. The molecule has 1 aromatic rings. The van der Waals surface area contributed by atoms with Gasteiger partial charge in [0.15, 0.2) is 0 Å². The number of hydrogen-bond donors (Lipinski definition) is 0. The summed E-state index contributed by atoms with van der Waals surface area (Å²) in [5, 5.41) is 17.1. The molecule has 0 bridgehead atoms. The number of rotatable bonds is 6. The lowest BCUT2D eigenvalue weighted by Crippen LogP contribution is -2.33. The van der Waals surface area contributed by atoms with Crippen molar-refractivity contribution in [1.82, 2.24) is 9.29 Å². The third-order valence-corrected chi connectivity index (χ3v) is 4.49. The van der Waals surface area contributed by atoms with Gasteiger partial charge in [0, 0.05) is 32.1 Å². The predicted octanol–water partition coefficient (Wildman–Crippen LogP) is 1.92. The number of aromatic nitrogens is 1. The van der Waals surface area contributed by atoms with Gasteiger partial charge < -0.3 is 0 Å². The van der Waals surface area contributed by atoms with Gasteiger partial charge in [-0.2, -0.15) is 28.0 Å². The third-order valence-electron chi connectivity index (χ3n) is 2.61. The quantitative estimate of drug-likeness (QED) is 0.792. The van der Waals surface area contributed by atoms with Gasteiger partial charge >= 0.3 is 6.18 Å². The lowest BCUT2D eigenvalue weighted by Gasteiger charge is -2.20. The summed E-state index contributed by atoms with van der Waals surface area (Å²) < 4.78 is 62.7. The summed E-state index contributed by atoms with van der Waals surface area (Å²) in [5.74, 6) is 0. The van der Waals surface area contributed by atoms with Crippen LogP contribution in [0.4, 0.5) is 13.2 Å². The Bertz CT molecular complexity index is 669. The van der Waals surface area contributed by atoms with Crippen LogP contribution in [-0.4, -0.2) is 30.8 Å². The van der Waals surface area contributed by atoms with E-state index in [1.165, 1.54) is 0 Å². The van der Waals surface area contributed by atoms with Gasteiger partial charge in [0.25, 0.3) is 0 Å². The molecule has 0 radical (unpaired) electrons. The van der Waals surface area contributed by atoms with Crippen LogP contribution >= 0.6 is 0 Å². The Morgan fingerprint density at radius 1 is 1.14 bits per heavy atom. The molecule has 0 spiro atoms. The van der Waals surface area contributed by atoms with Crippen LogP contribution in [0.2, 0.25) is 0 Å². The molecule has 0 aliphatic carbocycles. The molecule has 0 aliphatic rings. The molecule has 6 nitrogen and oxygen atoms in total. The van der Waals surface area contributed by atoms with Crippen LogP contribution in [-0.2, 0) is 16.2 Å². The van der Waals surface area contributed by atoms with Gasteiger partial charge in [-0.05, 0) is 12.1 Å². The minimum atomic E-state index is -4.66. The fraction of sp³-hybridized carbons (Fsp3) is 0.417. The number of alkyl halides is 3. The molecule has 0 aliphatic heterocycles. The van der Waals surface area contributed by atoms with Gasteiger partial charge in [0.05, 0.1) is 12.1 Å². The van der Waals surface area contributed by atoms with E-state index in [0.29, 0.717) is 12.3 Å². The van der Waals surface area contributed by atoms with Gasteiger partial charge in [-0.3, -0.25) is 4.98 Å². The zero-order valence-corrected chi connectivity index (χ0v) is 12.0. The maximum absolute atomic E-state index is 12.4. The normalized spacial score (nSPS) is 11.9. The highest BCUT2D eigenvalue weighted by molar-refractivity contribution is 7.89. The average Bonchev–Trinajstić information content (AvgIpc) is 2.46. The topological polar surface area (TPSA) is 97.9 Å². The summed E-state index contributed by atoms with van der Waals surface area (Å²) in [6, 6.07) is 4.92. The van der Waals surface area contributed by atoms with Gasteiger partial charge in [-0.25, -0.2) is 8.42 Å². The van der Waals surface area contributed by atoms with Crippen LogP contribution in [0.25, 0.3) is 0 Å². The van der Waals surface area contributed by atoms with Crippen LogP contribution in [0.3, 0.4) is 0 Å². The second-order valence-corrected chi connectivity index (χ2v) is 6.04. The molecule has 0 saturated heterocycles. The molecule has 1 rings (SSSR count). The Kier molecular flexibility index (Phi) is 5.85. The summed E-state index contributed by atoms with van der Waals surface area (Å²) in [6.45, 7) is -0.303. The summed E-state index contributed by atoms with van der Waals surface area (Å²) in [6.07, 6.45) is -4.25. The Morgan fingerprint density at radius 2 is 1.68 bits per heavy atom. The van der Waals surface area contributed by atoms with Crippen LogP contribution in [0.15, 0.2) is 23.2 Å². The second kappa shape index (κ2) is 7.20. The molecule has 1 heterocycles. The fourth-order valence-electron chi connectivity index (χ4n) is 1.55. The maximum atomic E-state index is 12.4. The van der Waals surface area contributed by atoms with Gasteiger partial charge in [-0.15, -0.1) is 0 Å².